The van der Waals surface area contributed by atoms with Crippen LogP contribution in [0, 0.1) is 18.6 Å². The molecule has 0 unspecified atom stereocenters. The van der Waals surface area contributed by atoms with Crippen LogP contribution in [0.3, 0.4) is 0 Å². The quantitative estimate of drug-likeness (QED) is 0.799. The average molecular weight is 276 g/mol. The molecule has 19 heavy (non-hydrogen) atoms. The Morgan fingerprint density at radius 3 is 2.32 bits per heavy atom. The minimum absolute atomic E-state index is 0.0465. The number of nitrogens with one attached hydrogen (secondary N) is 1. The van der Waals surface area contributed by atoms with Gasteiger partial charge in [0.2, 0.25) is 0 Å². The topological polar surface area (TPSA) is 24.9 Å². The van der Waals surface area contributed by atoms with E-state index in [-0.39, 0.29) is 22.2 Å². The fraction of sp³-hybridized carbons (Fsp3) is 0.250. The van der Waals surface area contributed by atoms with Crippen molar-refractivity contribution in [3.8, 4) is 0 Å². The van der Waals surface area contributed by atoms with Crippen LogP contribution in [0.25, 0.3) is 10.9 Å². The molecule has 0 atom stereocenters. The third kappa shape index (κ3) is 2.20. The fourth-order valence-electron chi connectivity index (χ4n) is 1.99. The van der Waals surface area contributed by atoms with Gasteiger partial charge in [0.15, 0.2) is 0 Å². The highest BCUT2D eigenvalue weighted by Crippen LogP contribution is 2.37. The number of alkyl halides is 3. The van der Waals surface area contributed by atoms with Gasteiger partial charge >= 0.3 is 6.18 Å². The van der Waals surface area contributed by atoms with Crippen molar-refractivity contribution in [2.45, 2.75) is 13.1 Å². The summed E-state index contributed by atoms with van der Waals surface area (Å²) in [4.78, 5) is 3.33. The van der Waals surface area contributed by atoms with Crippen LogP contribution in [0.4, 0.5) is 27.6 Å². The molecule has 1 aromatic carbocycles. The first-order valence-corrected chi connectivity index (χ1v) is 5.30. The largest absolute Gasteiger partial charge is 0.433 e. The van der Waals surface area contributed by atoms with E-state index in [1.807, 2.05) is 0 Å². The van der Waals surface area contributed by atoms with Gasteiger partial charge in [-0.15, -0.1) is 0 Å². The molecule has 0 aliphatic carbocycles. The Labute approximate surface area is 105 Å². The zero-order valence-corrected chi connectivity index (χ0v) is 9.99. The Balaban J connectivity index is 2.95. The van der Waals surface area contributed by atoms with E-state index >= 15 is 0 Å². The van der Waals surface area contributed by atoms with Crippen molar-refractivity contribution in [1.29, 1.82) is 0 Å². The van der Waals surface area contributed by atoms with Crippen molar-refractivity contribution in [2.75, 3.05) is 12.4 Å². The number of hydrogen-bond acceptors (Lipinski definition) is 2. The molecule has 0 fully saturated rings. The lowest BCUT2D eigenvalue weighted by molar-refractivity contribution is -0.141. The van der Waals surface area contributed by atoms with E-state index in [1.165, 1.54) is 14.0 Å². The maximum atomic E-state index is 13.7. The predicted octanol–water partition coefficient (Wildman–Crippen LogP) is 3.88. The smallest absolute Gasteiger partial charge is 0.387 e. The van der Waals surface area contributed by atoms with Gasteiger partial charge < -0.3 is 5.32 Å². The lowest BCUT2D eigenvalue weighted by atomic mass is 10.1. The lowest BCUT2D eigenvalue weighted by Crippen LogP contribution is -2.13. The van der Waals surface area contributed by atoms with E-state index < -0.39 is 23.5 Å². The lowest BCUT2D eigenvalue weighted by Gasteiger charge is -2.16. The van der Waals surface area contributed by atoms with Gasteiger partial charge in [0.25, 0.3) is 0 Å². The van der Waals surface area contributed by atoms with Crippen LogP contribution >= 0.6 is 0 Å². The van der Waals surface area contributed by atoms with Crippen LogP contribution in [0.5, 0.6) is 0 Å². The van der Waals surface area contributed by atoms with Gasteiger partial charge in [0, 0.05) is 24.7 Å². The minimum atomic E-state index is -4.69. The summed E-state index contributed by atoms with van der Waals surface area (Å²) in [6.07, 6.45) is -4.69. The summed E-state index contributed by atoms with van der Waals surface area (Å²) < 4.78 is 65.2. The molecule has 0 bridgehead atoms. The second-order valence-corrected chi connectivity index (χ2v) is 3.99. The normalized spacial score (nSPS) is 11.9. The van der Waals surface area contributed by atoms with Gasteiger partial charge in [-0.1, -0.05) is 0 Å². The van der Waals surface area contributed by atoms with Gasteiger partial charge in [-0.2, -0.15) is 13.2 Å². The van der Waals surface area contributed by atoms with Crippen LogP contribution in [0.2, 0.25) is 0 Å². The molecule has 0 saturated carbocycles. The zero-order valence-electron chi connectivity index (χ0n) is 9.99. The summed E-state index contributed by atoms with van der Waals surface area (Å²) in [5.41, 5.74) is -1.81. The summed E-state index contributed by atoms with van der Waals surface area (Å²) >= 11 is 0. The minimum Gasteiger partial charge on any atom is -0.387 e. The van der Waals surface area contributed by atoms with Crippen LogP contribution in [-0.4, -0.2) is 12.0 Å². The van der Waals surface area contributed by atoms with Crippen molar-refractivity contribution in [1.82, 2.24) is 4.98 Å². The summed E-state index contributed by atoms with van der Waals surface area (Å²) in [5, 5.41) is 2.35. The monoisotopic (exact) mass is 276 g/mol. The third-order valence-electron chi connectivity index (χ3n) is 2.77. The molecule has 0 aliphatic heterocycles. The summed E-state index contributed by atoms with van der Waals surface area (Å²) in [6, 6.07) is 1.38. The van der Waals surface area contributed by atoms with Gasteiger partial charge in [-0.3, -0.25) is 0 Å². The molecule has 1 aromatic heterocycles. The molecule has 2 aromatic rings. The second-order valence-electron chi connectivity index (χ2n) is 3.99. The molecule has 102 valence electrons. The first kappa shape index (κ1) is 13.5. The summed E-state index contributed by atoms with van der Waals surface area (Å²) in [5.74, 6) is -1.93. The van der Waals surface area contributed by atoms with E-state index in [0.29, 0.717) is 6.07 Å². The highest BCUT2D eigenvalue weighted by atomic mass is 19.4. The van der Waals surface area contributed by atoms with E-state index in [0.717, 1.165) is 6.07 Å². The molecular weight excluding hydrogens is 267 g/mol. The number of halogens is 5. The van der Waals surface area contributed by atoms with Crippen LogP contribution in [-0.2, 0) is 6.18 Å². The van der Waals surface area contributed by atoms with Gasteiger partial charge in [0.1, 0.15) is 17.3 Å². The molecule has 0 saturated heterocycles. The maximum Gasteiger partial charge on any atom is 0.433 e. The van der Waals surface area contributed by atoms with E-state index in [9.17, 15) is 22.0 Å². The van der Waals surface area contributed by atoms with Crippen molar-refractivity contribution in [2.24, 2.45) is 0 Å². The molecule has 0 spiro atoms. The SMILES string of the molecule is CNc1c(C)c(C(F)(F)F)nc2cc(F)cc(F)c12. The van der Waals surface area contributed by atoms with E-state index in [2.05, 4.69) is 10.3 Å². The standard InChI is InChI=1S/C12H9F5N2/c1-5-10(18-2)9-7(14)3-6(13)4-8(9)19-11(5)12(15,16)17/h3-4H,1-2H3,(H,18,19). The van der Waals surface area contributed by atoms with Gasteiger partial charge in [-0.25, -0.2) is 13.8 Å². The third-order valence-corrected chi connectivity index (χ3v) is 2.77. The molecule has 0 aliphatic rings. The van der Waals surface area contributed by atoms with Crippen molar-refractivity contribution >= 4 is 16.6 Å². The van der Waals surface area contributed by atoms with Gasteiger partial charge in [-0.05, 0) is 6.92 Å². The molecule has 7 heteroatoms. The molecule has 0 radical (unpaired) electrons. The molecule has 1 N–H and O–H groups in total. The predicted molar refractivity (Wildman–Crippen MR) is 60.9 cm³/mol. The average Bonchev–Trinajstić information content (AvgIpc) is 2.27. The number of pyridine rings is 1. The first-order valence-electron chi connectivity index (χ1n) is 5.30. The Hall–Kier alpha value is -1.92. The molecule has 2 rings (SSSR count). The molecule has 2 nitrogen and oxygen atoms in total. The number of hydrogen-bond donors (Lipinski definition) is 1. The molecule has 0 amide bonds. The van der Waals surface area contributed by atoms with E-state index in [1.54, 1.807) is 0 Å². The Morgan fingerprint density at radius 2 is 1.79 bits per heavy atom. The number of benzene rings is 1. The highest BCUT2D eigenvalue weighted by Gasteiger charge is 2.36. The van der Waals surface area contributed by atoms with Crippen molar-refractivity contribution in [3.63, 3.8) is 0 Å². The number of anilines is 1. The van der Waals surface area contributed by atoms with E-state index in [4.69, 9.17) is 0 Å². The Kier molecular flexibility index (Phi) is 3.07. The maximum absolute atomic E-state index is 13.7. The van der Waals surface area contributed by atoms with Crippen molar-refractivity contribution in [3.05, 3.63) is 35.0 Å². The second kappa shape index (κ2) is 4.32. The van der Waals surface area contributed by atoms with Crippen LogP contribution < -0.4 is 5.32 Å². The molecular formula is C12H9F5N2. The Morgan fingerprint density at radius 1 is 1.16 bits per heavy atom. The zero-order chi connectivity index (χ0) is 14.4. The Bertz CT molecular complexity index is 649. The van der Waals surface area contributed by atoms with Gasteiger partial charge in [0.05, 0.1) is 16.6 Å². The highest BCUT2D eigenvalue weighted by molar-refractivity contribution is 5.94. The number of rotatable bonds is 1. The van der Waals surface area contributed by atoms with Crippen molar-refractivity contribution < 1.29 is 22.0 Å². The summed E-state index contributed by atoms with van der Waals surface area (Å²) in [6.45, 7) is 1.18. The number of nitrogens with zero attached hydrogens (tertiary/aromatic N) is 1. The number of aromatic nitrogens is 1. The summed E-state index contributed by atoms with van der Waals surface area (Å²) in [7, 11) is 1.37. The molecule has 1 heterocycles. The van der Waals surface area contributed by atoms with Crippen LogP contribution in [0.15, 0.2) is 12.1 Å². The first-order chi connectivity index (χ1) is 8.75. The number of fused-ring (bicyclic) bond motifs is 1. The fourth-order valence-corrected chi connectivity index (χ4v) is 1.99. The van der Waals surface area contributed by atoms with Crippen LogP contribution in [0.1, 0.15) is 11.3 Å².